The average Bonchev–Trinajstić information content (AvgIpc) is 2.42. The Balaban J connectivity index is 2.62. The lowest BCUT2D eigenvalue weighted by Crippen LogP contribution is -2.43. The summed E-state index contributed by atoms with van der Waals surface area (Å²) in [5.74, 6) is -0.295. The van der Waals surface area contributed by atoms with E-state index in [1.165, 1.54) is 12.0 Å². The van der Waals surface area contributed by atoms with Gasteiger partial charge in [-0.05, 0) is 26.0 Å². The first-order valence-corrected chi connectivity index (χ1v) is 6.22. The standard InChI is InChI=1S/C14H19NO5/c1-10(2)15(8-14(17)18)13(16)9-20-12-6-4-5-11(7-12)19-3/h4-7,10H,8-9H2,1-3H3,(H,17,18). The summed E-state index contributed by atoms with van der Waals surface area (Å²) in [6, 6.07) is 6.67. The summed E-state index contributed by atoms with van der Waals surface area (Å²) in [5.41, 5.74) is 0. The highest BCUT2D eigenvalue weighted by molar-refractivity contribution is 5.82. The van der Waals surface area contributed by atoms with E-state index >= 15 is 0 Å². The van der Waals surface area contributed by atoms with Crippen molar-refractivity contribution in [2.75, 3.05) is 20.3 Å². The van der Waals surface area contributed by atoms with Crippen molar-refractivity contribution in [1.29, 1.82) is 0 Å². The predicted octanol–water partition coefficient (Wildman–Crippen LogP) is 1.40. The van der Waals surface area contributed by atoms with Crippen LogP contribution in [0.1, 0.15) is 13.8 Å². The van der Waals surface area contributed by atoms with Gasteiger partial charge in [-0.3, -0.25) is 9.59 Å². The highest BCUT2D eigenvalue weighted by Crippen LogP contribution is 2.18. The van der Waals surface area contributed by atoms with Crippen LogP contribution in [-0.4, -0.2) is 48.2 Å². The number of carboxylic acids is 1. The van der Waals surface area contributed by atoms with Gasteiger partial charge in [-0.25, -0.2) is 0 Å². The van der Waals surface area contributed by atoms with Crippen molar-refractivity contribution in [1.82, 2.24) is 4.90 Å². The first-order chi connectivity index (χ1) is 9.43. The van der Waals surface area contributed by atoms with Crippen LogP contribution in [0.4, 0.5) is 0 Å². The van der Waals surface area contributed by atoms with Gasteiger partial charge in [0.2, 0.25) is 0 Å². The SMILES string of the molecule is COc1cccc(OCC(=O)N(CC(=O)O)C(C)C)c1. The Morgan fingerprint density at radius 1 is 1.30 bits per heavy atom. The van der Waals surface area contributed by atoms with E-state index in [9.17, 15) is 9.59 Å². The molecule has 0 heterocycles. The van der Waals surface area contributed by atoms with Gasteiger partial charge in [0.25, 0.3) is 5.91 Å². The Labute approximate surface area is 117 Å². The number of hydrogen-bond acceptors (Lipinski definition) is 4. The van der Waals surface area contributed by atoms with E-state index in [2.05, 4.69) is 0 Å². The summed E-state index contributed by atoms with van der Waals surface area (Å²) < 4.78 is 10.4. The van der Waals surface area contributed by atoms with Gasteiger partial charge in [0.15, 0.2) is 6.61 Å². The highest BCUT2D eigenvalue weighted by atomic mass is 16.5. The second-order valence-corrected chi connectivity index (χ2v) is 4.48. The fraction of sp³-hybridized carbons (Fsp3) is 0.429. The van der Waals surface area contributed by atoms with Crippen LogP contribution in [0.25, 0.3) is 0 Å². The van der Waals surface area contributed by atoms with Crippen molar-refractivity contribution in [2.45, 2.75) is 19.9 Å². The van der Waals surface area contributed by atoms with E-state index in [-0.39, 0.29) is 25.1 Å². The van der Waals surface area contributed by atoms with Crippen molar-refractivity contribution < 1.29 is 24.2 Å². The van der Waals surface area contributed by atoms with E-state index in [1.807, 2.05) is 0 Å². The van der Waals surface area contributed by atoms with Crippen LogP contribution in [0.3, 0.4) is 0 Å². The van der Waals surface area contributed by atoms with E-state index in [1.54, 1.807) is 38.1 Å². The number of benzene rings is 1. The fourth-order valence-electron chi connectivity index (χ4n) is 1.62. The van der Waals surface area contributed by atoms with Crippen molar-refractivity contribution >= 4 is 11.9 Å². The number of carbonyl (C=O) groups is 2. The molecule has 110 valence electrons. The number of nitrogens with zero attached hydrogens (tertiary/aromatic N) is 1. The molecule has 0 fully saturated rings. The smallest absolute Gasteiger partial charge is 0.323 e. The third-order valence-electron chi connectivity index (χ3n) is 2.65. The van der Waals surface area contributed by atoms with E-state index in [0.717, 1.165) is 0 Å². The molecule has 6 nitrogen and oxygen atoms in total. The summed E-state index contributed by atoms with van der Waals surface area (Å²) in [6.45, 7) is 2.97. The minimum Gasteiger partial charge on any atom is -0.497 e. The Bertz CT molecular complexity index is 472. The largest absolute Gasteiger partial charge is 0.497 e. The molecule has 0 radical (unpaired) electrons. The fourth-order valence-corrected chi connectivity index (χ4v) is 1.62. The van der Waals surface area contributed by atoms with Crippen LogP contribution < -0.4 is 9.47 Å². The van der Waals surface area contributed by atoms with Crippen LogP contribution in [0.2, 0.25) is 0 Å². The summed E-state index contributed by atoms with van der Waals surface area (Å²) in [6.07, 6.45) is 0. The molecule has 0 aliphatic rings. The first kappa shape index (κ1) is 15.8. The molecule has 0 aromatic heterocycles. The van der Waals surface area contributed by atoms with Gasteiger partial charge in [-0.15, -0.1) is 0 Å². The van der Waals surface area contributed by atoms with Crippen LogP contribution in [0, 0.1) is 0 Å². The number of rotatable bonds is 7. The average molecular weight is 281 g/mol. The van der Waals surface area contributed by atoms with Gasteiger partial charge in [0.1, 0.15) is 18.0 Å². The summed E-state index contributed by atoms with van der Waals surface area (Å²) in [7, 11) is 1.54. The minimum absolute atomic E-state index is 0.201. The lowest BCUT2D eigenvalue weighted by atomic mass is 10.3. The maximum atomic E-state index is 12.0. The summed E-state index contributed by atoms with van der Waals surface area (Å²) in [4.78, 5) is 23.9. The van der Waals surface area contributed by atoms with Gasteiger partial charge in [-0.2, -0.15) is 0 Å². The molecular formula is C14H19NO5. The number of ether oxygens (including phenoxy) is 2. The molecular weight excluding hydrogens is 262 g/mol. The molecule has 0 atom stereocenters. The van der Waals surface area contributed by atoms with Crippen molar-refractivity contribution in [3.05, 3.63) is 24.3 Å². The second-order valence-electron chi connectivity index (χ2n) is 4.48. The molecule has 1 rings (SSSR count). The van der Waals surface area contributed by atoms with Crippen molar-refractivity contribution in [3.63, 3.8) is 0 Å². The lowest BCUT2D eigenvalue weighted by molar-refractivity contribution is -0.146. The molecule has 0 aliphatic heterocycles. The van der Waals surface area contributed by atoms with E-state index in [4.69, 9.17) is 14.6 Å². The molecule has 0 bridgehead atoms. The molecule has 0 saturated heterocycles. The number of aliphatic carboxylic acids is 1. The zero-order chi connectivity index (χ0) is 15.1. The zero-order valence-corrected chi connectivity index (χ0v) is 11.8. The first-order valence-electron chi connectivity index (χ1n) is 6.22. The van der Waals surface area contributed by atoms with E-state index in [0.29, 0.717) is 11.5 Å². The van der Waals surface area contributed by atoms with Crippen molar-refractivity contribution in [2.24, 2.45) is 0 Å². The molecule has 1 aromatic rings. The quantitative estimate of drug-likeness (QED) is 0.817. The van der Waals surface area contributed by atoms with Crippen LogP contribution in [-0.2, 0) is 9.59 Å². The van der Waals surface area contributed by atoms with Crippen LogP contribution >= 0.6 is 0 Å². The molecule has 1 N–H and O–H groups in total. The molecule has 0 spiro atoms. The number of carboxylic acid groups (broad SMARTS) is 1. The summed E-state index contributed by atoms with van der Waals surface area (Å²) >= 11 is 0. The number of amides is 1. The number of methoxy groups -OCH3 is 1. The molecule has 20 heavy (non-hydrogen) atoms. The molecule has 1 amide bonds. The molecule has 6 heteroatoms. The van der Waals surface area contributed by atoms with Gasteiger partial charge in [0, 0.05) is 12.1 Å². The van der Waals surface area contributed by atoms with Gasteiger partial charge in [0.05, 0.1) is 7.11 Å². The lowest BCUT2D eigenvalue weighted by Gasteiger charge is -2.24. The van der Waals surface area contributed by atoms with Gasteiger partial charge in [-0.1, -0.05) is 6.07 Å². The zero-order valence-electron chi connectivity index (χ0n) is 11.8. The normalized spacial score (nSPS) is 10.2. The maximum Gasteiger partial charge on any atom is 0.323 e. The second kappa shape index (κ2) is 7.37. The Morgan fingerprint density at radius 3 is 2.50 bits per heavy atom. The van der Waals surface area contributed by atoms with Crippen LogP contribution in [0.5, 0.6) is 11.5 Å². The Kier molecular flexibility index (Phi) is 5.83. The molecule has 0 aliphatic carbocycles. The number of hydrogen-bond donors (Lipinski definition) is 1. The van der Waals surface area contributed by atoms with Gasteiger partial charge < -0.3 is 19.5 Å². The Morgan fingerprint density at radius 2 is 1.95 bits per heavy atom. The predicted molar refractivity (Wildman–Crippen MR) is 73.0 cm³/mol. The summed E-state index contributed by atoms with van der Waals surface area (Å²) in [5, 5.41) is 8.78. The maximum absolute atomic E-state index is 12.0. The molecule has 1 aromatic carbocycles. The third-order valence-corrected chi connectivity index (χ3v) is 2.65. The third kappa shape index (κ3) is 4.79. The highest BCUT2D eigenvalue weighted by Gasteiger charge is 2.20. The molecule has 0 saturated carbocycles. The Hall–Kier alpha value is -2.24. The minimum atomic E-state index is -1.05. The van der Waals surface area contributed by atoms with Crippen LogP contribution in [0.15, 0.2) is 24.3 Å². The van der Waals surface area contributed by atoms with Crippen molar-refractivity contribution in [3.8, 4) is 11.5 Å². The van der Waals surface area contributed by atoms with Gasteiger partial charge >= 0.3 is 5.97 Å². The monoisotopic (exact) mass is 281 g/mol. The topological polar surface area (TPSA) is 76.1 Å². The number of carbonyl (C=O) groups excluding carboxylic acids is 1. The molecule has 0 unspecified atom stereocenters. The van der Waals surface area contributed by atoms with E-state index < -0.39 is 5.97 Å².